The third-order valence-electron chi connectivity index (χ3n) is 1.81. The Morgan fingerprint density at radius 1 is 1.43 bits per heavy atom. The zero-order chi connectivity index (χ0) is 9.90. The van der Waals surface area contributed by atoms with E-state index in [1.165, 1.54) is 11.3 Å². The number of carbonyl (C=O) groups is 1. The van der Waals surface area contributed by atoms with Gasteiger partial charge < -0.3 is 16.9 Å². The average Bonchev–Trinajstić information content (AvgIpc) is 2.50. The van der Waals surface area contributed by atoms with Crippen LogP contribution < -0.4 is 12.4 Å². The average molecular weight is 234 g/mol. The van der Waals surface area contributed by atoms with Crippen LogP contribution in [0.25, 0.3) is 0 Å². The van der Waals surface area contributed by atoms with Crippen LogP contribution in [0.4, 0.5) is 0 Å². The molecule has 1 rings (SSSR count). The van der Waals surface area contributed by atoms with Crippen molar-refractivity contribution in [2.75, 3.05) is 27.7 Å². The summed E-state index contributed by atoms with van der Waals surface area (Å²) >= 11 is 1.53. The van der Waals surface area contributed by atoms with Crippen LogP contribution in [0.15, 0.2) is 17.5 Å². The first-order valence-electron chi connectivity index (χ1n) is 4.36. The highest BCUT2D eigenvalue weighted by molar-refractivity contribution is 7.12. The molecule has 0 saturated carbocycles. The predicted octanol–water partition coefficient (Wildman–Crippen LogP) is -0.969. The summed E-state index contributed by atoms with van der Waals surface area (Å²) in [4.78, 5) is 12.4. The quantitative estimate of drug-likeness (QED) is 0.483. The van der Waals surface area contributed by atoms with E-state index >= 15 is 0 Å². The van der Waals surface area contributed by atoms with E-state index in [2.05, 4.69) is 21.1 Å². The Kier molecular flexibility index (Phi) is 5.34. The topological polar surface area (TPSA) is 17.1 Å². The zero-order valence-corrected chi connectivity index (χ0v) is 10.4. The van der Waals surface area contributed by atoms with Crippen molar-refractivity contribution >= 4 is 17.1 Å². The Hall–Kier alpha value is -0.380. The maximum Gasteiger partial charge on any atom is 0.178 e. The molecule has 2 nitrogen and oxygen atoms in total. The second-order valence-corrected chi connectivity index (χ2v) is 5.11. The lowest BCUT2D eigenvalue weighted by molar-refractivity contribution is -0.869. The van der Waals surface area contributed by atoms with Crippen LogP contribution in [0.3, 0.4) is 0 Å². The van der Waals surface area contributed by atoms with E-state index in [1.807, 2.05) is 17.5 Å². The van der Waals surface area contributed by atoms with Crippen molar-refractivity contribution in [1.29, 1.82) is 0 Å². The number of hydrogen-bond donors (Lipinski definition) is 0. The Bertz CT molecular complexity index is 277. The summed E-state index contributed by atoms with van der Waals surface area (Å²) in [5.41, 5.74) is 0. The lowest BCUT2D eigenvalue weighted by Crippen LogP contribution is -3.00. The summed E-state index contributed by atoms with van der Waals surface area (Å²) in [6, 6.07) is 3.81. The minimum atomic E-state index is 0. The third kappa shape index (κ3) is 4.74. The first kappa shape index (κ1) is 13.6. The number of quaternary nitrogens is 1. The Labute approximate surface area is 95.5 Å². The minimum absolute atomic E-state index is 0. The van der Waals surface area contributed by atoms with Gasteiger partial charge in [0.2, 0.25) is 0 Å². The van der Waals surface area contributed by atoms with Gasteiger partial charge in [0.05, 0.1) is 39.0 Å². The third-order valence-corrected chi connectivity index (χ3v) is 2.72. The van der Waals surface area contributed by atoms with Gasteiger partial charge in [-0.1, -0.05) is 6.07 Å². The van der Waals surface area contributed by atoms with Gasteiger partial charge in [0.25, 0.3) is 0 Å². The van der Waals surface area contributed by atoms with Crippen LogP contribution in [-0.2, 0) is 0 Å². The van der Waals surface area contributed by atoms with Crippen molar-refractivity contribution in [3.63, 3.8) is 0 Å². The number of ketones is 1. The number of halogens is 1. The molecule has 0 unspecified atom stereocenters. The zero-order valence-electron chi connectivity index (χ0n) is 8.79. The van der Waals surface area contributed by atoms with Crippen molar-refractivity contribution in [3.05, 3.63) is 22.4 Å². The van der Waals surface area contributed by atoms with Crippen molar-refractivity contribution in [1.82, 2.24) is 0 Å². The molecule has 0 aliphatic carbocycles. The standard InChI is InChI=1S/C10H16NOS.ClH/c1-11(2,3)7-6-9(12)10-5-4-8-13-10;/h4-5,8H,6-7H2,1-3H3;1H/q+1;/p-1. The molecule has 1 aromatic rings. The normalized spacial score (nSPS) is 10.8. The monoisotopic (exact) mass is 233 g/mol. The van der Waals surface area contributed by atoms with E-state index in [9.17, 15) is 4.79 Å². The van der Waals surface area contributed by atoms with Crippen LogP contribution in [0.1, 0.15) is 16.1 Å². The first-order chi connectivity index (χ1) is 5.99. The van der Waals surface area contributed by atoms with Crippen molar-refractivity contribution < 1.29 is 21.7 Å². The van der Waals surface area contributed by atoms with Gasteiger partial charge in [-0.2, -0.15) is 0 Å². The van der Waals surface area contributed by atoms with Gasteiger partial charge in [-0.3, -0.25) is 4.79 Å². The maximum absolute atomic E-state index is 11.6. The number of nitrogens with zero attached hydrogens (tertiary/aromatic N) is 1. The molecule has 0 N–H and O–H groups in total. The van der Waals surface area contributed by atoms with Gasteiger partial charge in [0, 0.05) is 0 Å². The van der Waals surface area contributed by atoms with Crippen LogP contribution in [0, 0.1) is 0 Å². The summed E-state index contributed by atoms with van der Waals surface area (Å²) in [6.45, 7) is 0.900. The van der Waals surface area contributed by atoms with Gasteiger partial charge in [-0.25, -0.2) is 0 Å². The molecule has 0 aliphatic heterocycles. The van der Waals surface area contributed by atoms with E-state index in [0.717, 1.165) is 15.9 Å². The summed E-state index contributed by atoms with van der Waals surface area (Å²) in [7, 11) is 6.30. The molecule has 0 saturated heterocycles. The van der Waals surface area contributed by atoms with E-state index in [4.69, 9.17) is 0 Å². The lowest BCUT2D eigenvalue weighted by atomic mass is 10.2. The van der Waals surface area contributed by atoms with E-state index in [-0.39, 0.29) is 18.2 Å². The molecule has 14 heavy (non-hydrogen) atoms. The highest BCUT2D eigenvalue weighted by Crippen LogP contribution is 2.11. The molecule has 0 fully saturated rings. The van der Waals surface area contributed by atoms with E-state index < -0.39 is 0 Å². The maximum atomic E-state index is 11.6. The van der Waals surface area contributed by atoms with Crippen molar-refractivity contribution in [2.24, 2.45) is 0 Å². The van der Waals surface area contributed by atoms with Gasteiger partial charge in [-0.05, 0) is 11.4 Å². The van der Waals surface area contributed by atoms with E-state index in [0.29, 0.717) is 6.42 Å². The van der Waals surface area contributed by atoms with Gasteiger partial charge >= 0.3 is 0 Å². The number of hydrogen-bond acceptors (Lipinski definition) is 2. The van der Waals surface area contributed by atoms with Gasteiger partial charge in [-0.15, -0.1) is 11.3 Å². The molecule has 0 bridgehead atoms. The van der Waals surface area contributed by atoms with Gasteiger partial charge in [0.1, 0.15) is 0 Å². The second kappa shape index (κ2) is 5.49. The highest BCUT2D eigenvalue weighted by atomic mass is 35.5. The molecule has 0 spiro atoms. The van der Waals surface area contributed by atoms with Crippen LogP contribution in [-0.4, -0.2) is 38.0 Å². The highest BCUT2D eigenvalue weighted by Gasteiger charge is 2.12. The Balaban J connectivity index is 0.00000169. The minimum Gasteiger partial charge on any atom is -1.00 e. The first-order valence-corrected chi connectivity index (χ1v) is 5.24. The molecule has 0 amide bonds. The molecule has 1 aromatic heterocycles. The summed E-state index contributed by atoms with van der Waals surface area (Å²) < 4.78 is 0.844. The molecule has 0 aliphatic rings. The van der Waals surface area contributed by atoms with Crippen molar-refractivity contribution in [3.8, 4) is 0 Å². The molecular formula is C10H16ClNOS. The molecule has 0 radical (unpaired) electrons. The summed E-state index contributed by atoms with van der Waals surface area (Å²) in [6.07, 6.45) is 0.643. The fourth-order valence-corrected chi connectivity index (χ4v) is 1.69. The SMILES string of the molecule is C[N+](C)(C)CCC(=O)c1cccs1.[Cl-]. The number of thiophene rings is 1. The Morgan fingerprint density at radius 3 is 2.50 bits per heavy atom. The summed E-state index contributed by atoms with van der Waals surface area (Å²) in [5.74, 6) is 0.267. The van der Waals surface area contributed by atoms with Crippen LogP contribution in [0.5, 0.6) is 0 Å². The lowest BCUT2D eigenvalue weighted by Gasteiger charge is -2.23. The van der Waals surface area contributed by atoms with Gasteiger partial charge in [0.15, 0.2) is 5.78 Å². The smallest absolute Gasteiger partial charge is 0.178 e. The van der Waals surface area contributed by atoms with E-state index in [1.54, 1.807) is 0 Å². The molecular weight excluding hydrogens is 218 g/mol. The molecule has 0 atom stereocenters. The number of carbonyl (C=O) groups excluding carboxylic acids is 1. The molecule has 80 valence electrons. The fourth-order valence-electron chi connectivity index (χ4n) is 0.997. The largest absolute Gasteiger partial charge is 1.00 e. The van der Waals surface area contributed by atoms with Crippen molar-refractivity contribution in [2.45, 2.75) is 6.42 Å². The number of rotatable bonds is 4. The molecule has 1 heterocycles. The van der Waals surface area contributed by atoms with Crippen LogP contribution in [0.2, 0.25) is 0 Å². The summed E-state index contributed by atoms with van der Waals surface area (Å²) in [5, 5.41) is 1.94. The predicted molar refractivity (Wildman–Crippen MR) is 56.2 cm³/mol. The van der Waals surface area contributed by atoms with Crippen LogP contribution >= 0.6 is 11.3 Å². The second-order valence-electron chi connectivity index (χ2n) is 4.16. The molecule has 0 aromatic carbocycles. The number of Topliss-reactive ketones (excluding diaryl/α,β-unsaturated/α-hetero) is 1. The molecule has 4 heteroatoms. The fraction of sp³-hybridized carbons (Fsp3) is 0.500. The Morgan fingerprint density at radius 2 is 2.07 bits per heavy atom.